The molecule has 0 aliphatic heterocycles. The van der Waals surface area contributed by atoms with Crippen molar-refractivity contribution in [2.45, 2.75) is 78.1 Å². The van der Waals surface area contributed by atoms with E-state index in [1.807, 2.05) is 22.9 Å². The van der Waals surface area contributed by atoms with Crippen molar-refractivity contribution >= 4 is 45.3 Å². The van der Waals surface area contributed by atoms with Crippen molar-refractivity contribution in [3.05, 3.63) is 57.3 Å². The van der Waals surface area contributed by atoms with E-state index in [-0.39, 0.29) is 19.5 Å². The van der Waals surface area contributed by atoms with E-state index in [1.165, 1.54) is 29.1 Å². The Bertz CT molecular complexity index is 1280. The van der Waals surface area contributed by atoms with Crippen LogP contribution < -0.4 is 0 Å². The van der Waals surface area contributed by atoms with Gasteiger partial charge in [0, 0.05) is 4.88 Å². The van der Waals surface area contributed by atoms with Gasteiger partial charge in [0.15, 0.2) is 23.3 Å². The normalized spacial score (nSPS) is 11.6. The minimum Gasteiger partial charge on any atom is -0.202 e. The third-order valence-corrected chi connectivity index (χ3v) is 11.0. The summed E-state index contributed by atoms with van der Waals surface area (Å²) in [5, 5.41) is 3.85. The fourth-order valence-corrected chi connectivity index (χ4v) is 8.66. The smallest absolute Gasteiger partial charge is 0.179 e. The lowest BCUT2D eigenvalue weighted by Gasteiger charge is -2.02. The maximum absolute atomic E-state index is 15.1. The van der Waals surface area contributed by atoms with Crippen LogP contribution in [0, 0.1) is 23.3 Å². The van der Waals surface area contributed by atoms with E-state index < -0.39 is 23.3 Å². The molecule has 0 amide bonds. The van der Waals surface area contributed by atoms with Gasteiger partial charge >= 0.3 is 0 Å². The van der Waals surface area contributed by atoms with Crippen molar-refractivity contribution in [1.29, 1.82) is 0 Å². The Morgan fingerprint density at radius 3 is 1.81 bits per heavy atom. The average Bonchev–Trinajstić information content (AvgIpc) is 3.65. The van der Waals surface area contributed by atoms with Crippen LogP contribution in [0.25, 0.3) is 29.3 Å². The van der Waals surface area contributed by atoms with Crippen molar-refractivity contribution < 1.29 is 17.6 Å². The molecule has 36 heavy (non-hydrogen) atoms. The van der Waals surface area contributed by atoms with Gasteiger partial charge in [-0.1, -0.05) is 52.4 Å². The highest BCUT2D eigenvalue weighted by molar-refractivity contribution is 7.28. The number of aryl methyl sites for hydroxylation is 2. The summed E-state index contributed by atoms with van der Waals surface area (Å²) in [6.45, 7) is 4.30. The lowest BCUT2D eigenvalue weighted by molar-refractivity contribution is 0.513. The first-order chi connectivity index (χ1) is 17.5. The highest BCUT2D eigenvalue weighted by atomic mass is 32.1. The average molecular weight is 571 g/mol. The number of rotatable bonds is 13. The molecule has 4 rings (SSSR count). The van der Waals surface area contributed by atoms with E-state index in [1.54, 1.807) is 0 Å². The van der Waals surface area contributed by atoms with Crippen LogP contribution in [0.3, 0.4) is 0 Å². The van der Waals surface area contributed by atoms with Crippen molar-refractivity contribution in [1.82, 2.24) is 0 Å². The van der Waals surface area contributed by atoms with Gasteiger partial charge in [-0.15, -0.1) is 45.3 Å². The number of hydrogen-bond acceptors (Lipinski definition) is 4. The van der Waals surface area contributed by atoms with Crippen LogP contribution >= 0.6 is 45.3 Å². The van der Waals surface area contributed by atoms with Gasteiger partial charge in [-0.05, 0) is 59.7 Å². The Morgan fingerprint density at radius 2 is 1.17 bits per heavy atom. The van der Waals surface area contributed by atoms with Crippen molar-refractivity contribution in [3.8, 4) is 29.3 Å². The maximum atomic E-state index is 15.1. The molecule has 0 N–H and O–H groups in total. The fourth-order valence-electron chi connectivity index (χ4n) is 4.23. The van der Waals surface area contributed by atoms with E-state index in [0.29, 0.717) is 9.75 Å². The van der Waals surface area contributed by atoms with Crippen molar-refractivity contribution in [2.75, 3.05) is 0 Å². The number of thiophene rings is 4. The SMILES string of the molecule is CCCCCCc1csc(-c2sc(-c3sc(-c4sccc4CCCCCC)c(F)c3F)c(F)c2F)c1. The Hall–Kier alpha value is -1.48. The molecular formula is C28H30F4S4. The number of halogens is 4. The van der Waals surface area contributed by atoms with Gasteiger partial charge in [-0.2, -0.15) is 0 Å². The van der Waals surface area contributed by atoms with Crippen LogP contribution in [-0.4, -0.2) is 0 Å². The summed E-state index contributed by atoms with van der Waals surface area (Å²) < 4.78 is 60.1. The first-order valence-electron chi connectivity index (χ1n) is 12.6. The molecule has 8 heteroatoms. The highest BCUT2D eigenvalue weighted by Crippen LogP contribution is 2.49. The lowest BCUT2D eigenvalue weighted by atomic mass is 10.1. The van der Waals surface area contributed by atoms with E-state index in [9.17, 15) is 4.39 Å². The second kappa shape index (κ2) is 12.9. The molecule has 4 aromatic rings. The van der Waals surface area contributed by atoms with E-state index in [2.05, 4.69) is 13.8 Å². The zero-order valence-corrected chi connectivity index (χ0v) is 23.8. The van der Waals surface area contributed by atoms with Crippen LogP contribution in [0.5, 0.6) is 0 Å². The molecule has 0 atom stereocenters. The van der Waals surface area contributed by atoms with Gasteiger partial charge in [0.2, 0.25) is 0 Å². The minimum absolute atomic E-state index is 0.148. The predicted molar refractivity (Wildman–Crippen MR) is 150 cm³/mol. The molecule has 0 aliphatic carbocycles. The zero-order valence-electron chi connectivity index (χ0n) is 20.5. The number of unbranched alkanes of at least 4 members (excludes halogenated alkanes) is 6. The topological polar surface area (TPSA) is 0 Å². The molecule has 0 saturated heterocycles. The summed E-state index contributed by atoms with van der Waals surface area (Å²) in [5.74, 6) is -4.18. The number of hydrogen-bond donors (Lipinski definition) is 0. The van der Waals surface area contributed by atoms with Crippen LogP contribution in [0.15, 0.2) is 22.9 Å². The third kappa shape index (κ3) is 5.98. The van der Waals surface area contributed by atoms with Crippen LogP contribution in [-0.2, 0) is 12.8 Å². The molecule has 0 fully saturated rings. The van der Waals surface area contributed by atoms with E-state index in [4.69, 9.17) is 0 Å². The molecule has 0 radical (unpaired) electrons. The van der Waals surface area contributed by atoms with Gasteiger partial charge in [0.1, 0.15) is 0 Å². The maximum Gasteiger partial charge on any atom is 0.179 e. The molecule has 0 saturated carbocycles. The summed E-state index contributed by atoms with van der Waals surface area (Å²) >= 11 is 4.46. The quantitative estimate of drug-likeness (QED) is 0.111. The largest absolute Gasteiger partial charge is 0.202 e. The lowest BCUT2D eigenvalue weighted by Crippen LogP contribution is -1.87. The van der Waals surface area contributed by atoms with Gasteiger partial charge < -0.3 is 0 Å². The molecule has 4 heterocycles. The monoisotopic (exact) mass is 570 g/mol. The van der Waals surface area contributed by atoms with Crippen LogP contribution in [0.1, 0.15) is 76.3 Å². The second-order valence-electron chi connectivity index (χ2n) is 8.99. The first-order valence-corrected chi connectivity index (χ1v) is 16.0. The van der Waals surface area contributed by atoms with Crippen molar-refractivity contribution in [2.24, 2.45) is 0 Å². The van der Waals surface area contributed by atoms with E-state index in [0.717, 1.165) is 91.6 Å². The third-order valence-electron chi connectivity index (χ3n) is 6.25. The van der Waals surface area contributed by atoms with Crippen LogP contribution in [0.4, 0.5) is 17.6 Å². The Morgan fingerprint density at radius 1 is 0.611 bits per heavy atom. The molecule has 194 valence electrons. The zero-order chi connectivity index (χ0) is 25.7. The van der Waals surface area contributed by atoms with Gasteiger partial charge in [-0.25, -0.2) is 17.6 Å². The van der Waals surface area contributed by atoms with Gasteiger partial charge in [-0.3, -0.25) is 0 Å². The fraction of sp³-hybridized carbons (Fsp3) is 0.429. The summed E-state index contributed by atoms with van der Waals surface area (Å²) in [7, 11) is 0. The Labute approximate surface area is 226 Å². The first kappa shape index (κ1) is 27.6. The molecule has 4 aromatic heterocycles. The van der Waals surface area contributed by atoms with Gasteiger partial charge in [0.25, 0.3) is 0 Å². The molecule has 0 aromatic carbocycles. The molecule has 0 unspecified atom stereocenters. The Balaban J connectivity index is 1.60. The summed E-state index contributed by atoms with van der Waals surface area (Å²) in [6.07, 6.45) is 10.6. The summed E-state index contributed by atoms with van der Waals surface area (Å²) in [5.41, 5.74) is 2.08. The molecule has 0 spiro atoms. The van der Waals surface area contributed by atoms with Crippen molar-refractivity contribution in [3.63, 3.8) is 0 Å². The second-order valence-corrected chi connectivity index (χ2v) is 12.9. The highest BCUT2D eigenvalue weighted by Gasteiger charge is 2.29. The molecule has 0 nitrogen and oxygen atoms in total. The summed E-state index contributed by atoms with van der Waals surface area (Å²) in [4.78, 5) is 1.28. The molecule has 0 bridgehead atoms. The predicted octanol–water partition coefficient (Wildman–Crippen LogP) is 11.7. The minimum atomic E-state index is -1.11. The van der Waals surface area contributed by atoms with E-state index >= 15 is 13.2 Å². The van der Waals surface area contributed by atoms with Crippen LogP contribution in [0.2, 0.25) is 0 Å². The Kier molecular flexibility index (Phi) is 9.84. The standard InChI is InChI=1S/C28H30F4S4/c1-3-5-7-9-11-17-15-19(34-16-17)25-20(29)21(30)27(35-25)28-23(32)22(31)26(36-28)24-18(13-14-33-24)12-10-8-6-4-2/h13-16H,3-12H2,1-2H3. The molecular weight excluding hydrogens is 541 g/mol. The van der Waals surface area contributed by atoms with Gasteiger partial charge in [0.05, 0.1) is 24.4 Å². The summed E-state index contributed by atoms with van der Waals surface area (Å²) in [6, 6.07) is 3.84. The molecule has 0 aliphatic rings.